The molecule has 3 aromatic rings. The van der Waals surface area contributed by atoms with Crippen LogP contribution in [0.4, 0.5) is 0 Å². The SMILES string of the molecule is Cc1sc2nc(CSc3nnc(C4CC4)n3CCC(N)=O)[nH]c(=O)c2c1C. The first-order valence-electron chi connectivity index (χ1n) is 8.77. The van der Waals surface area contributed by atoms with Gasteiger partial charge in [0.2, 0.25) is 5.91 Å². The van der Waals surface area contributed by atoms with E-state index in [9.17, 15) is 9.59 Å². The van der Waals surface area contributed by atoms with Crippen molar-refractivity contribution in [2.24, 2.45) is 5.73 Å². The van der Waals surface area contributed by atoms with Crippen LogP contribution in [0.5, 0.6) is 0 Å². The van der Waals surface area contributed by atoms with Crippen molar-refractivity contribution in [3.63, 3.8) is 0 Å². The third kappa shape index (κ3) is 3.63. The Morgan fingerprint density at radius 2 is 2.15 bits per heavy atom. The van der Waals surface area contributed by atoms with E-state index in [0.29, 0.717) is 29.4 Å². The summed E-state index contributed by atoms with van der Waals surface area (Å²) in [6.45, 7) is 4.42. The lowest BCUT2D eigenvalue weighted by Gasteiger charge is -2.08. The number of amides is 1. The molecule has 0 bridgehead atoms. The normalized spacial score (nSPS) is 14.1. The van der Waals surface area contributed by atoms with E-state index in [1.165, 1.54) is 23.1 Å². The summed E-state index contributed by atoms with van der Waals surface area (Å²) >= 11 is 2.99. The number of H-pyrrole nitrogens is 1. The largest absolute Gasteiger partial charge is 0.370 e. The topological polar surface area (TPSA) is 120 Å². The molecule has 1 saturated carbocycles. The van der Waals surface area contributed by atoms with Crippen molar-refractivity contribution in [2.75, 3.05) is 0 Å². The average molecular weight is 405 g/mol. The number of primary amides is 1. The molecule has 1 aliphatic rings. The van der Waals surface area contributed by atoms with E-state index in [2.05, 4.69) is 20.2 Å². The van der Waals surface area contributed by atoms with E-state index in [0.717, 1.165) is 39.1 Å². The Morgan fingerprint density at radius 1 is 1.37 bits per heavy atom. The number of aromatic amines is 1. The maximum Gasteiger partial charge on any atom is 0.259 e. The van der Waals surface area contributed by atoms with Gasteiger partial charge in [-0.3, -0.25) is 9.59 Å². The Morgan fingerprint density at radius 3 is 2.85 bits per heavy atom. The zero-order valence-electron chi connectivity index (χ0n) is 15.1. The third-order valence-electron chi connectivity index (χ3n) is 4.70. The average Bonchev–Trinajstić information content (AvgIpc) is 3.31. The van der Waals surface area contributed by atoms with E-state index >= 15 is 0 Å². The number of carbonyl (C=O) groups is 1. The second-order valence-electron chi connectivity index (χ2n) is 6.75. The summed E-state index contributed by atoms with van der Waals surface area (Å²) < 4.78 is 1.98. The van der Waals surface area contributed by atoms with Crippen molar-refractivity contribution in [3.05, 3.63) is 32.4 Å². The quantitative estimate of drug-likeness (QED) is 0.583. The molecule has 10 heteroatoms. The standard InChI is InChI=1S/C17H20N6O2S2/c1-8-9(2)27-16-13(8)15(25)19-12(20-16)7-26-17-22-21-14(10-3-4-10)23(17)6-5-11(18)24/h10H,3-7H2,1-2H3,(H2,18,24)(H,19,20,25). The van der Waals surface area contributed by atoms with Crippen LogP contribution < -0.4 is 11.3 Å². The number of thiophene rings is 1. The second kappa shape index (κ2) is 7.08. The number of nitrogens with one attached hydrogen (secondary N) is 1. The zero-order valence-corrected chi connectivity index (χ0v) is 16.7. The number of carbonyl (C=O) groups excluding carboxylic acids is 1. The highest BCUT2D eigenvalue weighted by atomic mass is 32.2. The highest BCUT2D eigenvalue weighted by Crippen LogP contribution is 2.40. The van der Waals surface area contributed by atoms with Crippen LogP contribution in [0.2, 0.25) is 0 Å². The first-order chi connectivity index (χ1) is 12.9. The zero-order chi connectivity index (χ0) is 19.1. The van der Waals surface area contributed by atoms with Gasteiger partial charge in [0.25, 0.3) is 5.56 Å². The van der Waals surface area contributed by atoms with E-state index in [4.69, 9.17) is 5.73 Å². The van der Waals surface area contributed by atoms with E-state index in [-0.39, 0.29) is 17.9 Å². The summed E-state index contributed by atoms with van der Waals surface area (Å²) in [7, 11) is 0. The molecule has 1 amide bonds. The third-order valence-corrected chi connectivity index (χ3v) is 6.78. The molecule has 0 spiro atoms. The monoisotopic (exact) mass is 404 g/mol. The minimum Gasteiger partial charge on any atom is -0.370 e. The van der Waals surface area contributed by atoms with E-state index < -0.39 is 0 Å². The first kappa shape index (κ1) is 18.2. The fourth-order valence-electron chi connectivity index (χ4n) is 2.98. The van der Waals surface area contributed by atoms with Crippen molar-refractivity contribution in [3.8, 4) is 0 Å². The summed E-state index contributed by atoms with van der Waals surface area (Å²) in [5.74, 6) is 2.07. The van der Waals surface area contributed by atoms with Gasteiger partial charge in [0.15, 0.2) is 5.16 Å². The predicted octanol–water partition coefficient (Wildman–Crippen LogP) is 2.24. The van der Waals surface area contributed by atoms with Gasteiger partial charge in [-0.15, -0.1) is 21.5 Å². The van der Waals surface area contributed by atoms with Crippen molar-refractivity contribution in [1.29, 1.82) is 0 Å². The molecule has 0 atom stereocenters. The molecule has 3 heterocycles. The lowest BCUT2D eigenvalue weighted by atomic mass is 10.2. The fraction of sp³-hybridized carbons (Fsp3) is 0.471. The Kier molecular flexibility index (Phi) is 4.77. The molecule has 0 aliphatic heterocycles. The Labute approximate surface area is 163 Å². The van der Waals surface area contributed by atoms with Crippen LogP contribution in [0.1, 0.15) is 47.3 Å². The fourth-order valence-corrected chi connectivity index (χ4v) is 4.87. The molecular formula is C17H20N6O2S2. The van der Waals surface area contributed by atoms with Gasteiger partial charge in [-0.1, -0.05) is 11.8 Å². The number of aryl methyl sites for hydroxylation is 2. The smallest absolute Gasteiger partial charge is 0.259 e. The number of hydrogen-bond acceptors (Lipinski definition) is 7. The van der Waals surface area contributed by atoms with Crippen LogP contribution in [0.25, 0.3) is 10.2 Å². The molecule has 0 aromatic carbocycles. The highest BCUT2D eigenvalue weighted by Gasteiger charge is 2.30. The molecule has 8 nitrogen and oxygen atoms in total. The molecule has 3 N–H and O–H groups in total. The molecule has 4 rings (SSSR count). The number of thioether (sulfide) groups is 1. The highest BCUT2D eigenvalue weighted by molar-refractivity contribution is 7.98. The minimum atomic E-state index is -0.346. The molecule has 3 aromatic heterocycles. The van der Waals surface area contributed by atoms with Crippen LogP contribution >= 0.6 is 23.1 Å². The van der Waals surface area contributed by atoms with Crippen LogP contribution in [-0.4, -0.2) is 30.6 Å². The van der Waals surface area contributed by atoms with Crippen LogP contribution in [0, 0.1) is 13.8 Å². The van der Waals surface area contributed by atoms with Crippen molar-refractivity contribution >= 4 is 39.2 Å². The lowest BCUT2D eigenvalue weighted by Crippen LogP contribution is -2.15. The van der Waals surface area contributed by atoms with Crippen LogP contribution in [-0.2, 0) is 17.1 Å². The molecular weight excluding hydrogens is 384 g/mol. The summed E-state index contributed by atoms with van der Waals surface area (Å²) in [4.78, 5) is 32.9. The van der Waals surface area contributed by atoms with Crippen LogP contribution in [0.3, 0.4) is 0 Å². The van der Waals surface area contributed by atoms with Gasteiger partial charge in [0.1, 0.15) is 16.5 Å². The first-order valence-corrected chi connectivity index (χ1v) is 10.6. The van der Waals surface area contributed by atoms with Crippen LogP contribution in [0.15, 0.2) is 9.95 Å². The Bertz CT molecular complexity index is 1080. The minimum absolute atomic E-state index is 0.105. The van der Waals surface area contributed by atoms with Gasteiger partial charge in [-0.25, -0.2) is 4.98 Å². The van der Waals surface area contributed by atoms with Crippen molar-refractivity contribution in [1.82, 2.24) is 24.7 Å². The summed E-state index contributed by atoms with van der Waals surface area (Å²) in [6.07, 6.45) is 2.45. The van der Waals surface area contributed by atoms with Gasteiger partial charge in [0, 0.05) is 23.8 Å². The summed E-state index contributed by atoms with van der Waals surface area (Å²) in [6, 6.07) is 0. The number of fused-ring (bicyclic) bond motifs is 1. The maximum atomic E-state index is 12.4. The molecule has 1 aliphatic carbocycles. The van der Waals surface area contributed by atoms with Gasteiger partial charge in [-0.2, -0.15) is 0 Å². The number of rotatable bonds is 7. The van der Waals surface area contributed by atoms with Gasteiger partial charge < -0.3 is 15.3 Å². The predicted molar refractivity (Wildman–Crippen MR) is 105 cm³/mol. The molecule has 1 fully saturated rings. The summed E-state index contributed by atoms with van der Waals surface area (Å²) in [5.41, 5.74) is 6.18. The van der Waals surface area contributed by atoms with Gasteiger partial charge in [0.05, 0.1) is 11.1 Å². The molecule has 27 heavy (non-hydrogen) atoms. The molecule has 142 valence electrons. The van der Waals surface area contributed by atoms with Gasteiger partial charge in [-0.05, 0) is 32.3 Å². The van der Waals surface area contributed by atoms with E-state index in [1.807, 2.05) is 18.4 Å². The van der Waals surface area contributed by atoms with Crippen molar-refractivity contribution in [2.45, 2.75) is 56.5 Å². The number of nitrogens with zero attached hydrogens (tertiary/aromatic N) is 4. The molecule has 0 unspecified atom stereocenters. The number of aromatic nitrogens is 5. The molecule has 0 saturated heterocycles. The lowest BCUT2D eigenvalue weighted by molar-refractivity contribution is -0.118. The maximum absolute atomic E-state index is 12.4. The van der Waals surface area contributed by atoms with E-state index in [1.54, 1.807) is 0 Å². The number of nitrogens with two attached hydrogens (primary N) is 1. The molecule has 0 radical (unpaired) electrons. The van der Waals surface area contributed by atoms with Crippen molar-refractivity contribution < 1.29 is 4.79 Å². The second-order valence-corrected chi connectivity index (χ2v) is 8.89. The summed E-state index contributed by atoms with van der Waals surface area (Å²) in [5, 5.41) is 9.98. The Hall–Kier alpha value is -2.20. The Balaban J connectivity index is 1.57. The van der Waals surface area contributed by atoms with Gasteiger partial charge >= 0.3 is 0 Å². The number of hydrogen-bond donors (Lipinski definition) is 2.